The second kappa shape index (κ2) is 6.26. The Balaban J connectivity index is 1.81. The van der Waals surface area contributed by atoms with Gasteiger partial charge in [-0.05, 0) is 38.1 Å². The van der Waals surface area contributed by atoms with E-state index in [9.17, 15) is 4.79 Å². The summed E-state index contributed by atoms with van der Waals surface area (Å²) in [6, 6.07) is 3.56. The number of rotatable bonds is 3. The molecule has 0 N–H and O–H groups in total. The lowest BCUT2D eigenvalue weighted by Crippen LogP contribution is -2.24. The molecule has 0 radical (unpaired) electrons. The third-order valence-corrected chi connectivity index (χ3v) is 4.10. The molecule has 112 valence electrons. The fourth-order valence-corrected chi connectivity index (χ4v) is 2.92. The largest absolute Gasteiger partial charge is 0.465 e. The predicted octanol–water partition coefficient (Wildman–Crippen LogP) is 2.50. The molecule has 1 saturated heterocycles. The number of esters is 1. The first kappa shape index (κ1) is 14.1. The molecule has 1 fully saturated rings. The number of methoxy groups -OCH3 is 1. The van der Waals surface area contributed by atoms with E-state index in [0.717, 1.165) is 25.3 Å². The molecule has 0 aliphatic carbocycles. The molecule has 0 saturated carbocycles. The van der Waals surface area contributed by atoms with Gasteiger partial charge in [0.25, 0.3) is 0 Å². The Labute approximate surface area is 124 Å². The second-order valence-corrected chi connectivity index (χ2v) is 5.58. The number of imidazole rings is 1. The van der Waals surface area contributed by atoms with E-state index in [-0.39, 0.29) is 5.97 Å². The summed E-state index contributed by atoms with van der Waals surface area (Å²) in [5.41, 5.74) is 2.50. The number of carbonyl (C=O) groups excluding carboxylic acids is 1. The van der Waals surface area contributed by atoms with Gasteiger partial charge in [-0.25, -0.2) is 9.78 Å². The first-order valence-corrected chi connectivity index (χ1v) is 7.54. The zero-order chi connectivity index (χ0) is 14.7. The van der Waals surface area contributed by atoms with Crippen LogP contribution in [0.4, 0.5) is 0 Å². The fourth-order valence-electron chi connectivity index (χ4n) is 2.92. The van der Waals surface area contributed by atoms with E-state index in [1.165, 1.54) is 38.5 Å². The molecule has 3 rings (SSSR count). The van der Waals surface area contributed by atoms with Crippen molar-refractivity contribution in [2.24, 2.45) is 0 Å². The minimum absolute atomic E-state index is 0.324. The molecule has 0 spiro atoms. The average molecular weight is 287 g/mol. The number of hydrogen-bond acceptors (Lipinski definition) is 4. The van der Waals surface area contributed by atoms with E-state index in [2.05, 4.69) is 14.3 Å². The highest BCUT2D eigenvalue weighted by molar-refractivity contribution is 5.90. The van der Waals surface area contributed by atoms with E-state index in [0.29, 0.717) is 5.56 Å². The van der Waals surface area contributed by atoms with Crippen LogP contribution in [0.3, 0.4) is 0 Å². The molecule has 1 aliphatic heterocycles. The van der Waals surface area contributed by atoms with Crippen molar-refractivity contribution in [2.75, 3.05) is 20.2 Å². The molecule has 0 bridgehead atoms. The lowest BCUT2D eigenvalue weighted by molar-refractivity contribution is 0.0600. The number of likely N-dealkylation sites (tertiary alicyclic amines) is 1. The zero-order valence-corrected chi connectivity index (χ0v) is 12.4. The summed E-state index contributed by atoms with van der Waals surface area (Å²) in [5.74, 6) is -0.324. The molecule has 21 heavy (non-hydrogen) atoms. The van der Waals surface area contributed by atoms with E-state index in [4.69, 9.17) is 4.74 Å². The second-order valence-electron chi connectivity index (χ2n) is 5.58. The Morgan fingerprint density at radius 3 is 2.76 bits per heavy atom. The van der Waals surface area contributed by atoms with Crippen LogP contribution in [0.1, 0.15) is 41.7 Å². The van der Waals surface area contributed by atoms with Crippen molar-refractivity contribution < 1.29 is 9.53 Å². The van der Waals surface area contributed by atoms with Gasteiger partial charge in [-0.3, -0.25) is 4.90 Å². The van der Waals surface area contributed by atoms with Gasteiger partial charge in [0.15, 0.2) is 0 Å². The van der Waals surface area contributed by atoms with Crippen LogP contribution >= 0.6 is 0 Å². The topological polar surface area (TPSA) is 46.8 Å². The molecule has 2 aromatic rings. The lowest BCUT2D eigenvalue weighted by atomic mass is 10.2. The van der Waals surface area contributed by atoms with E-state index >= 15 is 0 Å². The van der Waals surface area contributed by atoms with Crippen LogP contribution < -0.4 is 0 Å². The number of ether oxygens (including phenoxy) is 1. The molecule has 5 nitrogen and oxygen atoms in total. The van der Waals surface area contributed by atoms with Crippen molar-refractivity contribution >= 4 is 11.6 Å². The Morgan fingerprint density at radius 1 is 1.29 bits per heavy atom. The van der Waals surface area contributed by atoms with Crippen LogP contribution in [0.2, 0.25) is 0 Å². The van der Waals surface area contributed by atoms with Crippen molar-refractivity contribution in [2.45, 2.75) is 32.2 Å². The predicted molar refractivity (Wildman–Crippen MR) is 80.3 cm³/mol. The van der Waals surface area contributed by atoms with Gasteiger partial charge in [-0.2, -0.15) is 0 Å². The number of aromatic nitrogens is 2. The quantitative estimate of drug-likeness (QED) is 0.814. The van der Waals surface area contributed by atoms with Gasteiger partial charge in [0.2, 0.25) is 0 Å². The number of pyridine rings is 1. The third kappa shape index (κ3) is 3.08. The van der Waals surface area contributed by atoms with Crippen LogP contribution in [0, 0.1) is 0 Å². The number of hydrogen-bond donors (Lipinski definition) is 0. The minimum Gasteiger partial charge on any atom is -0.465 e. The maximum atomic E-state index is 11.6. The molecular weight excluding hydrogens is 266 g/mol. The number of carbonyl (C=O) groups is 1. The molecule has 3 heterocycles. The van der Waals surface area contributed by atoms with Crippen molar-refractivity contribution in [3.05, 3.63) is 35.8 Å². The van der Waals surface area contributed by atoms with Crippen molar-refractivity contribution in [3.8, 4) is 0 Å². The van der Waals surface area contributed by atoms with Crippen LogP contribution in [0.25, 0.3) is 5.65 Å². The van der Waals surface area contributed by atoms with Gasteiger partial charge in [0.05, 0.1) is 24.6 Å². The van der Waals surface area contributed by atoms with Crippen LogP contribution in [0.5, 0.6) is 0 Å². The van der Waals surface area contributed by atoms with Crippen molar-refractivity contribution in [1.82, 2.24) is 14.3 Å². The van der Waals surface area contributed by atoms with Gasteiger partial charge in [-0.1, -0.05) is 12.8 Å². The molecule has 1 aliphatic rings. The molecule has 2 aromatic heterocycles. The Morgan fingerprint density at radius 2 is 2.05 bits per heavy atom. The summed E-state index contributed by atoms with van der Waals surface area (Å²) in [6.45, 7) is 3.24. The SMILES string of the molecule is COC(=O)c1ccn2c(CN3CCCCCC3)cnc2c1. The van der Waals surface area contributed by atoms with Gasteiger partial charge < -0.3 is 9.14 Å². The Bertz CT molecular complexity index is 627. The summed E-state index contributed by atoms with van der Waals surface area (Å²) in [5, 5.41) is 0. The number of fused-ring (bicyclic) bond motifs is 1. The first-order chi connectivity index (χ1) is 10.3. The molecule has 0 amide bonds. The summed E-state index contributed by atoms with van der Waals surface area (Å²) in [6.07, 6.45) is 9.05. The van der Waals surface area contributed by atoms with Gasteiger partial charge in [0, 0.05) is 12.7 Å². The molecule has 0 aromatic carbocycles. The lowest BCUT2D eigenvalue weighted by Gasteiger charge is -2.19. The van der Waals surface area contributed by atoms with Gasteiger partial charge in [0.1, 0.15) is 5.65 Å². The number of nitrogens with zero attached hydrogens (tertiary/aromatic N) is 3. The average Bonchev–Trinajstić information content (AvgIpc) is 2.73. The van der Waals surface area contributed by atoms with Gasteiger partial charge >= 0.3 is 5.97 Å². The summed E-state index contributed by atoms with van der Waals surface area (Å²) < 4.78 is 6.80. The standard InChI is InChI=1S/C16H21N3O2/c1-21-16(20)13-6-9-19-14(11-17-15(19)10-13)12-18-7-4-2-3-5-8-18/h6,9-11H,2-5,7-8,12H2,1H3. The highest BCUT2D eigenvalue weighted by Crippen LogP contribution is 2.15. The fraction of sp³-hybridized carbons (Fsp3) is 0.500. The maximum Gasteiger partial charge on any atom is 0.338 e. The molecule has 0 atom stereocenters. The van der Waals surface area contributed by atoms with Crippen molar-refractivity contribution in [1.29, 1.82) is 0 Å². The van der Waals surface area contributed by atoms with Crippen LogP contribution in [0.15, 0.2) is 24.5 Å². The van der Waals surface area contributed by atoms with E-state index in [1.807, 2.05) is 12.4 Å². The van der Waals surface area contributed by atoms with Crippen LogP contribution in [-0.2, 0) is 11.3 Å². The van der Waals surface area contributed by atoms with E-state index < -0.39 is 0 Å². The first-order valence-electron chi connectivity index (χ1n) is 7.54. The summed E-state index contributed by atoms with van der Waals surface area (Å²) >= 11 is 0. The third-order valence-electron chi connectivity index (χ3n) is 4.10. The van der Waals surface area contributed by atoms with E-state index in [1.54, 1.807) is 12.1 Å². The molecule has 0 unspecified atom stereocenters. The van der Waals surface area contributed by atoms with Crippen LogP contribution in [-0.4, -0.2) is 40.5 Å². The molecular formula is C16H21N3O2. The Kier molecular flexibility index (Phi) is 4.20. The maximum absolute atomic E-state index is 11.6. The highest BCUT2D eigenvalue weighted by Gasteiger charge is 2.13. The summed E-state index contributed by atoms with van der Waals surface area (Å²) in [4.78, 5) is 18.5. The highest BCUT2D eigenvalue weighted by atomic mass is 16.5. The minimum atomic E-state index is -0.324. The monoisotopic (exact) mass is 287 g/mol. The van der Waals surface area contributed by atoms with Crippen molar-refractivity contribution in [3.63, 3.8) is 0 Å². The van der Waals surface area contributed by atoms with Gasteiger partial charge in [-0.15, -0.1) is 0 Å². The summed E-state index contributed by atoms with van der Waals surface area (Å²) in [7, 11) is 1.39. The smallest absolute Gasteiger partial charge is 0.338 e. The Hall–Kier alpha value is -1.88. The normalized spacial score (nSPS) is 16.8. The molecule has 5 heteroatoms. The zero-order valence-electron chi connectivity index (χ0n) is 12.4.